The minimum absolute atomic E-state index is 0.0110. The topological polar surface area (TPSA) is 13.0 Å². The van der Waals surface area contributed by atoms with Gasteiger partial charge in [-0.25, -0.2) is 0 Å². The summed E-state index contributed by atoms with van der Waals surface area (Å²) in [6.45, 7) is 14.2. The van der Waals surface area contributed by atoms with E-state index in [-0.39, 0.29) is 35.1 Å². The van der Waals surface area contributed by atoms with Crippen LogP contribution >= 0.6 is 0 Å². The highest BCUT2D eigenvalue weighted by Crippen LogP contribution is 2.70. The Kier molecular flexibility index (Phi) is 16.9. The van der Waals surface area contributed by atoms with Crippen LogP contribution in [0.25, 0.3) is 89.0 Å². The lowest BCUT2D eigenvalue weighted by molar-refractivity contribution is 0.590. The van der Waals surface area contributed by atoms with E-state index in [1.165, 1.54) is 279 Å². The molecule has 4 spiro atoms. The van der Waals surface area contributed by atoms with Crippen LogP contribution in [0.5, 0.6) is 0 Å². The van der Waals surface area contributed by atoms with Gasteiger partial charge in [0.15, 0.2) is 0 Å². The first-order chi connectivity index (χ1) is 73.7. The molecule has 6 heteroatoms. The number of hydrogen-bond acceptors (Lipinski definition) is 4. The van der Waals surface area contributed by atoms with Gasteiger partial charge in [0, 0.05) is 68.2 Å². The van der Waals surface area contributed by atoms with E-state index in [0.29, 0.717) is 0 Å². The molecule has 0 N–H and O–H groups in total. The number of fused-ring (bicyclic) bond motifs is 48. The second-order valence-electron chi connectivity index (χ2n) is 45.3. The van der Waals surface area contributed by atoms with Crippen molar-refractivity contribution < 1.29 is 0 Å². The Bertz CT molecular complexity index is 9070. The largest absolute Gasteiger partial charge is 0.311 e. The first-order valence-corrected chi connectivity index (χ1v) is 53.4. The van der Waals surface area contributed by atoms with E-state index in [4.69, 9.17) is 0 Å². The van der Waals surface area contributed by atoms with Crippen molar-refractivity contribution in [2.45, 2.75) is 74.0 Å². The van der Waals surface area contributed by atoms with Crippen LogP contribution in [-0.4, -0.2) is 13.4 Å². The Morgan fingerprint density at radius 3 is 0.540 bits per heavy atom. The molecular formula is C144H98B2N4. The predicted molar refractivity (Wildman–Crippen MR) is 624 cm³/mol. The molecule has 34 rings (SSSR count). The molecule has 4 nitrogen and oxygen atoms in total. The molecule has 12 aliphatic rings. The quantitative estimate of drug-likeness (QED) is 0.163. The number of para-hydroxylation sites is 2. The Balaban J connectivity index is 0.000000131. The van der Waals surface area contributed by atoms with Crippen molar-refractivity contribution in [2.24, 2.45) is 0 Å². The molecule has 0 saturated carbocycles. The molecule has 0 fully saturated rings. The fraction of sp³-hybridized carbons (Fsp3) is 0.0833. The maximum atomic E-state index is 2.61. The molecule has 0 saturated heterocycles. The lowest BCUT2D eigenvalue weighted by Crippen LogP contribution is -2.61. The van der Waals surface area contributed by atoms with Crippen molar-refractivity contribution in [3.8, 4) is 89.0 Å². The van der Waals surface area contributed by atoms with Gasteiger partial charge in [-0.3, -0.25) is 0 Å². The molecule has 0 atom stereocenters. The summed E-state index contributed by atoms with van der Waals surface area (Å²) in [7, 11) is 0. The van der Waals surface area contributed by atoms with E-state index >= 15 is 0 Å². The molecule has 0 unspecified atom stereocenters. The minimum Gasteiger partial charge on any atom is -0.311 e. The molecule has 8 aliphatic carbocycles. The third-order valence-electron chi connectivity index (χ3n) is 36.5. The molecule has 22 aromatic rings. The summed E-state index contributed by atoms with van der Waals surface area (Å²) in [6, 6.07) is 186. The molecule has 0 bridgehead atoms. The zero-order valence-electron chi connectivity index (χ0n) is 84.1. The minimum atomic E-state index is -0.411. The lowest BCUT2D eigenvalue weighted by atomic mass is 9.33. The van der Waals surface area contributed by atoms with Crippen LogP contribution in [0.15, 0.2) is 485 Å². The predicted octanol–water partition coefficient (Wildman–Crippen LogP) is 31.5. The van der Waals surface area contributed by atoms with Crippen molar-refractivity contribution >= 4 is 114 Å². The van der Waals surface area contributed by atoms with Crippen molar-refractivity contribution in [2.75, 3.05) is 19.6 Å². The maximum Gasteiger partial charge on any atom is 0.252 e. The van der Waals surface area contributed by atoms with Gasteiger partial charge in [0.1, 0.15) is 0 Å². The van der Waals surface area contributed by atoms with Gasteiger partial charge in [0.05, 0.1) is 21.7 Å². The van der Waals surface area contributed by atoms with Crippen LogP contribution in [0, 0.1) is 0 Å². The van der Waals surface area contributed by atoms with Gasteiger partial charge >= 0.3 is 0 Å². The molecule has 22 aromatic carbocycles. The summed E-state index contributed by atoms with van der Waals surface area (Å²) < 4.78 is 0. The van der Waals surface area contributed by atoms with E-state index in [1.54, 1.807) is 0 Å². The third kappa shape index (κ3) is 10.5. The van der Waals surface area contributed by atoms with Crippen LogP contribution in [0.3, 0.4) is 0 Å². The molecular weight excluding hydrogens is 1810 g/mol. The Labute approximate surface area is 876 Å². The second kappa shape index (κ2) is 30.0. The normalized spacial score (nSPS) is 15.3. The Morgan fingerprint density at radius 1 is 0.147 bits per heavy atom. The van der Waals surface area contributed by atoms with Crippen LogP contribution in [-0.2, 0) is 32.5 Å². The Morgan fingerprint density at radius 2 is 0.320 bits per heavy atom. The molecule has 0 aromatic heterocycles. The highest BCUT2D eigenvalue weighted by molar-refractivity contribution is 7.01. The number of rotatable bonds is 4. The van der Waals surface area contributed by atoms with E-state index < -0.39 is 10.8 Å². The molecule has 4 heterocycles. The van der Waals surface area contributed by atoms with E-state index in [0.717, 1.165) is 11.4 Å². The van der Waals surface area contributed by atoms with E-state index in [2.05, 4.69) is 546 Å². The summed E-state index contributed by atoms with van der Waals surface area (Å²) in [5, 5.41) is 0. The highest BCUT2D eigenvalue weighted by atomic mass is 15.2. The SMILES string of the molecule is CC(C)(C)c1ccc2c(c1)B1c3cc(C(C)(C)C)ccc3N(c3ccc4c(c3)-c3ccccc3C43c4ccccc4-c4ccccc43)c3cccc(c31)N2c1ccc2c(c1)-c1ccccc1C21c2ccccc2-c2ccccc21.c1ccc2c(c1)B1c3ccccc3N(c3ccc4c(c3)-c3ccccc3C43c4ccccc4-c4ccccc43)c3cccc(c31)N2c1ccc2c(c1)-c1ccccc1C21c2ccccc2-c2ccccc21. The van der Waals surface area contributed by atoms with Gasteiger partial charge in [-0.1, -0.05) is 430 Å². The fourth-order valence-corrected chi connectivity index (χ4v) is 30.7. The summed E-state index contributed by atoms with van der Waals surface area (Å²) in [5.74, 6) is 0. The molecule has 0 amide bonds. The highest BCUT2D eigenvalue weighted by Gasteiger charge is 2.59. The lowest BCUT2D eigenvalue weighted by Gasteiger charge is -2.45. The molecule has 700 valence electrons. The number of benzene rings is 22. The Hall–Kier alpha value is -17.8. The van der Waals surface area contributed by atoms with E-state index in [1.807, 2.05) is 0 Å². The van der Waals surface area contributed by atoms with Gasteiger partial charge in [-0.05, 0) is 330 Å². The van der Waals surface area contributed by atoms with Gasteiger partial charge in [0.2, 0.25) is 0 Å². The summed E-state index contributed by atoms with van der Waals surface area (Å²) in [4.78, 5) is 10.3. The summed E-state index contributed by atoms with van der Waals surface area (Å²) in [6.07, 6.45) is 0. The summed E-state index contributed by atoms with van der Waals surface area (Å²) >= 11 is 0. The van der Waals surface area contributed by atoms with Gasteiger partial charge in [-0.2, -0.15) is 0 Å². The summed E-state index contributed by atoms with van der Waals surface area (Å²) in [5.41, 5.74) is 66.2. The van der Waals surface area contributed by atoms with Gasteiger partial charge < -0.3 is 19.6 Å². The zero-order chi connectivity index (χ0) is 99.1. The van der Waals surface area contributed by atoms with Gasteiger partial charge in [-0.15, -0.1) is 0 Å². The van der Waals surface area contributed by atoms with E-state index in [9.17, 15) is 0 Å². The first kappa shape index (κ1) is 84.4. The van der Waals surface area contributed by atoms with Crippen LogP contribution in [0.4, 0.5) is 68.2 Å². The average molecular weight is 1910 g/mol. The van der Waals surface area contributed by atoms with Crippen molar-refractivity contribution in [1.82, 2.24) is 0 Å². The average Bonchev–Trinajstić information content (AvgIpc) is 1.51. The fourth-order valence-electron chi connectivity index (χ4n) is 30.7. The number of nitrogens with zero attached hydrogens (tertiary/aromatic N) is 4. The molecule has 4 aliphatic heterocycles. The van der Waals surface area contributed by atoms with Crippen molar-refractivity contribution in [3.05, 3.63) is 585 Å². The number of anilines is 12. The van der Waals surface area contributed by atoms with Crippen LogP contribution < -0.4 is 52.4 Å². The van der Waals surface area contributed by atoms with Crippen molar-refractivity contribution in [1.29, 1.82) is 0 Å². The second-order valence-corrected chi connectivity index (χ2v) is 45.3. The van der Waals surface area contributed by atoms with Crippen LogP contribution in [0.1, 0.15) is 142 Å². The molecule has 150 heavy (non-hydrogen) atoms. The van der Waals surface area contributed by atoms with Crippen molar-refractivity contribution in [3.63, 3.8) is 0 Å². The number of hydrogen-bond donors (Lipinski definition) is 0. The monoisotopic (exact) mass is 1900 g/mol. The third-order valence-corrected chi connectivity index (χ3v) is 36.5. The standard InChI is InChI=1S/C76H57BN2.C68H41BN2/c1-73(2,3)46-34-40-68-66(42-46)77-67-43-47(74(4,5)6)35-41-69(67)79(49-37-39-65-57(45-49)55-25-12-18-31-63(55)76(65)60-28-15-9-22-52(60)53-23-10-16-29-61(53)76)71-33-19-32-70(72(71)77)78(68)48-36-38-64-56(44-48)54-24-11-17-30-62(54)75(64)58-26-13-7-20-50(58)51-21-8-14-27-59(51)75;1-7-24-52-44(18-1)45-19-2-8-25-53(45)67(52)56-28-11-5-22-48(56)50-40-42(36-38-58(50)67)70-62-32-15-13-30-60(62)69-61-31-14-16-33-63(61)71(65-35-17-34-64(70)66(65)69)43-37-39-59-51(41-43)49-23-6-12-29-57(49)68(59)54-26-9-3-20-46(54)47-21-4-10-27-55(47)68/h7-45H,1-6H3;1-41H. The smallest absolute Gasteiger partial charge is 0.252 e. The zero-order valence-corrected chi connectivity index (χ0v) is 84.1. The maximum absolute atomic E-state index is 2.61. The van der Waals surface area contributed by atoms with Gasteiger partial charge in [0.25, 0.3) is 13.4 Å². The molecule has 0 radical (unpaired) electrons. The van der Waals surface area contributed by atoms with Crippen LogP contribution in [0.2, 0.25) is 0 Å². The first-order valence-electron chi connectivity index (χ1n) is 53.4.